The Morgan fingerprint density at radius 1 is 1.18 bits per heavy atom. The summed E-state index contributed by atoms with van der Waals surface area (Å²) in [6.07, 6.45) is 3.41. The molecular weight excluding hydrogens is 374 g/mol. The lowest BCUT2D eigenvalue weighted by atomic mass is 10.0. The van der Waals surface area contributed by atoms with Crippen LogP contribution in [-0.2, 0) is 6.42 Å². The van der Waals surface area contributed by atoms with Crippen molar-refractivity contribution in [2.24, 2.45) is 0 Å². The van der Waals surface area contributed by atoms with Crippen molar-refractivity contribution < 1.29 is 9.53 Å². The van der Waals surface area contributed by atoms with Gasteiger partial charge < -0.3 is 15.0 Å². The number of anilines is 1. The van der Waals surface area contributed by atoms with Gasteiger partial charge in [-0.3, -0.25) is 4.90 Å². The van der Waals surface area contributed by atoms with Gasteiger partial charge in [0.15, 0.2) is 0 Å². The fourth-order valence-corrected chi connectivity index (χ4v) is 4.12. The third kappa shape index (κ3) is 4.42. The van der Waals surface area contributed by atoms with Crippen LogP contribution in [0.2, 0.25) is 5.02 Å². The summed E-state index contributed by atoms with van der Waals surface area (Å²) in [6, 6.07) is 16.4. The monoisotopic (exact) mass is 399 g/mol. The van der Waals surface area contributed by atoms with Crippen molar-refractivity contribution in [1.29, 1.82) is 0 Å². The third-order valence-electron chi connectivity index (χ3n) is 5.56. The van der Waals surface area contributed by atoms with Gasteiger partial charge in [-0.25, -0.2) is 4.79 Å². The van der Waals surface area contributed by atoms with Gasteiger partial charge in [-0.1, -0.05) is 41.9 Å². The van der Waals surface area contributed by atoms with E-state index in [9.17, 15) is 4.79 Å². The summed E-state index contributed by atoms with van der Waals surface area (Å²) in [7, 11) is 1.59. The fraction of sp³-hybridized carbons (Fsp3) is 0.409. The fourth-order valence-electron chi connectivity index (χ4n) is 3.94. The van der Waals surface area contributed by atoms with Gasteiger partial charge in [0.25, 0.3) is 0 Å². The first kappa shape index (κ1) is 19.1. The number of piperazine rings is 1. The molecule has 5 nitrogen and oxygen atoms in total. The molecule has 1 heterocycles. The molecule has 0 aromatic heterocycles. The number of rotatable bonds is 5. The molecule has 2 aromatic rings. The Balaban J connectivity index is 1.51. The topological polar surface area (TPSA) is 44.8 Å². The van der Waals surface area contributed by atoms with Gasteiger partial charge in [-0.2, -0.15) is 0 Å². The van der Waals surface area contributed by atoms with Crippen LogP contribution in [0.5, 0.6) is 5.75 Å². The molecule has 2 fully saturated rings. The van der Waals surface area contributed by atoms with Crippen LogP contribution in [0.15, 0.2) is 48.5 Å². The Morgan fingerprint density at radius 3 is 2.68 bits per heavy atom. The van der Waals surface area contributed by atoms with Gasteiger partial charge in [0, 0.05) is 30.7 Å². The molecule has 0 spiro atoms. The van der Waals surface area contributed by atoms with Crippen LogP contribution in [0.4, 0.5) is 10.5 Å². The van der Waals surface area contributed by atoms with Crippen molar-refractivity contribution in [3.05, 3.63) is 59.1 Å². The predicted octanol–water partition coefficient (Wildman–Crippen LogP) is 4.27. The van der Waals surface area contributed by atoms with Crippen molar-refractivity contribution in [1.82, 2.24) is 9.80 Å². The van der Waals surface area contributed by atoms with Crippen LogP contribution in [0, 0.1) is 0 Å². The number of ether oxygens (including phenoxy) is 1. The van der Waals surface area contributed by atoms with Crippen LogP contribution < -0.4 is 10.1 Å². The van der Waals surface area contributed by atoms with Crippen molar-refractivity contribution in [2.75, 3.05) is 32.1 Å². The number of benzene rings is 2. The molecule has 0 radical (unpaired) electrons. The van der Waals surface area contributed by atoms with E-state index in [1.54, 1.807) is 25.3 Å². The number of urea groups is 1. The smallest absolute Gasteiger partial charge is 0.322 e. The third-order valence-corrected chi connectivity index (χ3v) is 5.79. The Hall–Kier alpha value is -2.24. The minimum Gasteiger partial charge on any atom is -0.495 e. The average molecular weight is 400 g/mol. The molecule has 1 saturated heterocycles. The molecular formula is C22H26ClN3O2. The molecule has 2 aromatic carbocycles. The average Bonchev–Trinajstić information content (AvgIpc) is 3.54. The van der Waals surface area contributed by atoms with E-state index in [-0.39, 0.29) is 12.1 Å². The lowest BCUT2D eigenvalue weighted by molar-refractivity contribution is 0.0954. The van der Waals surface area contributed by atoms with Crippen molar-refractivity contribution >= 4 is 23.3 Å². The molecule has 148 valence electrons. The summed E-state index contributed by atoms with van der Waals surface area (Å²) in [5.74, 6) is 0.606. The first-order chi connectivity index (χ1) is 13.6. The van der Waals surface area contributed by atoms with Gasteiger partial charge >= 0.3 is 6.03 Å². The van der Waals surface area contributed by atoms with Crippen molar-refractivity contribution in [3.8, 4) is 5.75 Å². The van der Waals surface area contributed by atoms with Crippen LogP contribution in [0.3, 0.4) is 0 Å². The molecule has 1 atom stereocenters. The van der Waals surface area contributed by atoms with E-state index in [0.717, 1.165) is 26.1 Å². The highest BCUT2D eigenvalue weighted by Gasteiger charge is 2.37. The molecule has 1 N–H and O–H groups in total. The maximum Gasteiger partial charge on any atom is 0.322 e. The Labute approximate surface area is 171 Å². The number of nitrogens with one attached hydrogen (secondary N) is 1. The number of hydrogen-bond donors (Lipinski definition) is 1. The number of carbonyl (C=O) groups excluding carboxylic acids is 1. The van der Waals surface area contributed by atoms with Crippen molar-refractivity contribution in [2.45, 2.75) is 31.3 Å². The maximum atomic E-state index is 13.1. The van der Waals surface area contributed by atoms with Crippen LogP contribution in [-0.4, -0.2) is 54.7 Å². The van der Waals surface area contributed by atoms with Gasteiger partial charge in [0.2, 0.25) is 0 Å². The summed E-state index contributed by atoms with van der Waals surface area (Å²) in [5, 5.41) is 3.57. The highest BCUT2D eigenvalue weighted by Crippen LogP contribution is 2.31. The lowest BCUT2D eigenvalue weighted by Crippen LogP contribution is -2.57. The number of hydrogen-bond acceptors (Lipinski definition) is 3. The summed E-state index contributed by atoms with van der Waals surface area (Å²) >= 11 is 6.11. The zero-order valence-corrected chi connectivity index (χ0v) is 16.9. The number of halogens is 1. The lowest BCUT2D eigenvalue weighted by Gasteiger charge is -2.41. The molecule has 6 heteroatoms. The van der Waals surface area contributed by atoms with E-state index in [2.05, 4.69) is 34.5 Å². The molecule has 2 amide bonds. The summed E-state index contributed by atoms with van der Waals surface area (Å²) in [6.45, 7) is 2.57. The quantitative estimate of drug-likeness (QED) is 0.816. The highest BCUT2D eigenvalue weighted by molar-refractivity contribution is 6.31. The summed E-state index contributed by atoms with van der Waals surface area (Å²) < 4.78 is 5.37. The van der Waals surface area contributed by atoms with Crippen LogP contribution in [0.1, 0.15) is 18.4 Å². The van der Waals surface area contributed by atoms with Gasteiger partial charge in [-0.05, 0) is 43.0 Å². The molecule has 1 aliphatic carbocycles. The molecule has 1 unspecified atom stereocenters. The Kier molecular flexibility index (Phi) is 5.74. The van der Waals surface area contributed by atoms with Crippen LogP contribution in [0.25, 0.3) is 0 Å². The number of nitrogens with zero attached hydrogens (tertiary/aromatic N) is 2. The number of amides is 2. The SMILES string of the molecule is COc1ccc(Cl)cc1NC(=O)N1CCN(C2CC2)CC1Cc1ccccc1. The van der Waals surface area contributed by atoms with Crippen LogP contribution >= 0.6 is 11.6 Å². The van der Waals surface area contributed by atoms with Gasteiger partial charge in [-0.15, -0.1) is 0 Å². The Morgan fingerprint density at radius 2 is 1.96 bits per heavy atom. The zero-order chi connectivity index (χ0) is 19.5. The Bertz CT molecular complexity index is 826. The second-order valence-electron chi connectivity index (χ2n) is 7.54. The highest BCUT2D eigenvalue weighted by atomic mass is 35.5. The van der Waals surface area contributed by atoms with E-state index in [1.165, 1.54) is 18.4 Å². The molecule has 2 aliphatic rings. The van der Waals surface area contributed by atoms with Crippen molar-refractivity contribution in [3.63, 3.8) is 0 Å². The number of carbonyl (C=O) groups is 1. The van der Waals surface area contributed by atoms with E-state index in [0.29, 0.717) is 22.5 Å². The minimum absolute atomic E-state index is 0.100. The zero-order valence-electron chi connectivity index (χ0n) is 16.1. The molecule has 4 rings (SSSR count). The van der Waals surface area contributed by atoms with E-state index in [4.69, 9.17) is 16.3 Å². The molecule has 0 bridgehead atoms. The maximum absolute atomic E-state index is 13.1. The largest absolute Gasteiger partial charge is 0.495 e. The number of methoxy groups -OCH3 is 1. The van der Waals surface area contributed by atoms with E-state index in [1.807, 2.05) is 11.0 Å². The van der Waals surface area contributed by atoms with Gasteiger partial charge in [0.1, 0.15) is 5.75 Å². The second kappa shape index (κ2) is 8.41. The predicted molar refractivity (Wildman–Crippen MR) is 112 cm³/mol. The van der Waals surface area contributed by atoms with Gasteiger partial charge in [0.05, 0.1) is 18.8 Å². The summed E-state index contributed by atoms with van der Waals surface area (Å²) in [5.41, 5.74) is 1.85. The minimum atomic E-state index is -0.100. The first-order valence-electron chi connectivity index (χ1n) is 9.83. The second-order valence-corrected chi connectivity index (χ2v) is 7.97. The molecule has 1 saturated carbocycles. The summed E-state index contributed by atoms with van der Waals surface area (Å²) in [4.78, 5) is 17.6. The standard InChI is InChI=1S/C22H26ClN3O2/c1-28-21-10-7-17(23)14-20(21)24-22(27)26-12-11-25(18-8-9-18)15-19(26)13-16-5-3-2-4-6-16/h2-7,10,14,18-19H,8-9,11-13,15H2,1H3,(H,24,27). The van der Waals surface area contributed by atoms with E-state index < -0.39 is 0 Å². The molecule has 1 aliphatic heterocycles. The molecule has 28 heavy (non-hydrogen) atoms. The first-order valence-corrected chi connectivity index (χ1v) is 10.2. The van der Waals surface area contributed by atoms with E-state index >= 15 is 0 Å². The normalized spacial score (nSPS) is 20.1.